The molecule has 2 aromatic rings. The number of hydrogen-bond donors (Lipinski definition) is 4. The first-order chi connectivity index (χ1) is 9.06. The number of benzene rings is 1. The van der Waals surface area contributed by atoms with E-state index >= 15 is 0 Å². The molecule has 0 radical (unpaired) electrons. The van der Waals surface area contributed by atoms with Crippen molar-refractivity contribution in [2.24, 2.45) is 0 Å². The van der Waals surface area contributed by atoms with Crippen LogP contribution in [-0.2, 0) is 4.79 Å². The topological polar surface area (TPSA) is 95.8 Å². The maximum Gasteiger partial charge on any atom is 0.221 e. The van der Waals surface area contributed by atoms with Gasteiger partial charge in [-0.1, -0.05) is 0 Å². The zero-order valence-electron chi connectivity index (χ0n) is 11.2. The third-order valence-corrected chi connectivity index (χ3v) is 2.73. The fourth-order valence-electron chi connectivity index (χ4n) is 1.87. The second-order valence-electron chi connectivity index (χ2n) is 4.80. The summed E-state index contributed by atoms with van der Waals surface area (Å²) in [5.74, 6) is 0.0312. The molecule has 6 nitrogen and oxygen atoms in total. The lowest BCUT2D eigenvalue weighted by atomic mass is 10.2. The summed E-state index contributed by atoms with van der Waals surface area (Å²) >= 11 is 0. The van der Waals surface area contributed by atoms with Gasteiger partial charge in [0.1, 0.15) is 0 Å². The first-order valence-electron chi connectivity index (χ1n) is 6.32. The predicted octanol–water partition coefficient (Wildman–Crippen LogP) is 1.47. The lowest BCUT2D eigenvalue weighted by molar-refractivity contribution is -0.121. The van der Waals surface area contributed by atoms with Crippen molar-refractivity contribution in [3.05, 3.63) is 18.3 Å². The number of nitrogen functional groups attached to an aromatic ring is 1. The number of nitrogens with zero attached hydrogens (tertiary/aromatic N) is 1. The SMILES string of the molecule is CC(C)NC(=O)CCNc1cc2[nH]ncc2cc1N. The van der Waals surface area contributed by atoms with Gasteiger partial charge < -0.3 is 16.4 Å². The van der Waals surface area contributed by atoms with E-state index in [4.69, 9.17) is 5.73 Å². The van der Waals surface area contributed by atoms with E-state index in [1.807, 2.05) is 26.0 Å². The Morgan fingerprint density at radius 2 is 2.26 bits per heavy atom. The summed E-state index contributed by atoms with van der Waals surface area (Å²) in [6.45, 7) is 4.42. The number of anilines is 2. The molecule has 0 saturated heterocycles. The summed E-state index contributed by atoms with van der Waals surface area (Å²) < 4.78 is 0. The molecule has 0 unspecified atom stereocenters. The third-order valence-electron chi connectivity index (χ3n) is 2.73. The molecular weight excluding hydrogens is 242 g/mol. The van der Waals surface area contributed by atoms with Gasteiger partial charge in [-0.3, -0.25) is 9.89 Å². The van der Waals surface area contributed by atoms with Gasteiger partial charge in [0.25, 0.3) is 0 Å². The number of H-pyrrole nitrogens is 1. The Balaban J connectivity index is 1.94. The Morgan fingerprint density at radius 3 is 3.00 bits per heavy atom. The molecule has 0 atom stereocenters. The van der Waals surface area contributed by atoms with Crippen LogP contribution in [-0.4, -0.2) is 28.7 Å². The molecule has 2 rings (SSSR count). The average molecular weight is 261 g/mol. The van der Waals surface area contributed by atoms with Crippen LogP contribution in [0.5, 0.6) is 0 Å². The van der Waals surface area contributed by atoms with Crippen molar-refractivity contribution in [1.29, 1.82) is 0 Å². The molecule has 0 bridgehead atoms. The molecule has 0 saturated carbocycles. The standard InChI is InChI=1S/C13H19N5O/c1-8(2)17-13(19)3-4-15-12-6-11-9(5-10(12)14)7-16-18-11/h5-8,15H,3-4,14H2,1-2H3,(H,16,18)(H,17,19). The molecular formula is C13H19N5O. The first kappa shape index (κ1) is 13.2. The summed E-state index contributed by atoms with van der Waals surface area (Å²) in [6, 6.07) is 3.92. The fourth-order valence-corrected chi connectivity index (χ4v) is 1.87. The van der Waals surface area contributed by atoms with Gasteiger partial charge in [-0.2, -0.15) is 5.10 Å². The number of carbonyl (C=O) groups excluding carboxylic acids is 1. The van der Waals surface area contributed by atoms with Crippen LogP contribution in [0.3, 0.4) is 0 Å². The van der Waals surface area contributed by atoms with Crippen LogP contribution in [0.25, 0.3) is 10.9 Å². The normalized spacial score (nSPS) is 10.9. The zero-order valence-corrected chi connectivity index (χ0v) is 11.2. The first-order valence-corrected chi connectivity index (χ1v) is 6.32. The maximum absolute atomic E-state index is 11.5. The highest BCUT2D eigenvalue weighted by Crippen LogP contribution is 2.24. The Morgan fingerprint density at radius 1 is 1.47 bits per heavy atom. The summed E-state index contributed by atoms with van der Waals surface area (Å²) in [5, 5.41) is 13.8. The minimum absolute atomic E-state index is 0.0312. The van der Waals surface area contributed by atoms with E-state index in [2.05, 4.69) is 20.8 Å². The molecule has 1 amide bonds. The molecule has 0 aliphatic rings. The quantitative estimate of drug-likeness (QED) is 0.613. The van der Waals surface area contributed by atoms with Gasteiger partial charge in [0, 0.05) is 24.4 Å². The van der Waals surface area contributed by atoms with Crippen LogP contribution in [0.4, 0.5) is 11.4 Å². The van der Waals surface area contributed by atoms with E-state index in [1.165, 1.54) is 0 Å². The van der Waals surface area contributed by atoms with Crippen LogP contribution in [0.15, 0.2) is 18.3 Å². The number of nitrogens with two attached hydrogens (primary N) is 1. The summed E-state index contributed by atoms with van der Waals surface area (Å²) in [5.41, 5.74) is 8.32. The van der Waals surface area contributed by atoms with Crippen molar-refractivity contribution in [2.75, 3.05) is 17.6 Å². The lowest BCUT2D eigenvalue weighted by Gasteiger charge is -2.11. The summed E-state index contributed by atoms with van der Waals surface area (Å²) in [6.07, 6.45) is 2.14. The Hall–Kier alpha value is -2.24. The average Bonchev–Trinajstić information content (AvgIpc) is 2.75. The molecule has 0 fully saturated rings. The minimum atomic E-state index is 0.0312. The summed E-state index contributed by atoms with van der Waals surface area (Å²) in [4.78, 5) is 11.5. The number of fused-ring (bicyclic) bond motifs is 1. The van der Waals surface area contributed by atoms with E-state index in [9.17, 15) is 4.79 Å². The third kappa shape index (κ3) is 3.37. The number of aromatic amines is 1. The number of carbonyl (C=O) groups is 1. The van der Waals surface area contributed by atoms with Crippen molar-refractivity contribution in [2.45, 2.75) is 26.3 Å². The van der Waals surface area contributed by atoms with Gasteiger partial charge in [0.15, 0.2) is 0 Å². The second kappa shape index (κ2) is 5.60. The lowest BCUT2D eigenvalue weighted by Crippen LogP contribution is -2.31. The largest absolute Gasteiger partial charge is 0.397 e. The van der Waals surface area contributed by atoms with Gasteiger partial charge in [-0.25, -0.2) is 0 Å². The molecule has 1 aromatic heterocycles. The number of rotatable bonds is 5. The van der Waals surface area contributed by atoms with Crippen molar-refractivity contribution in [3.8, 4) is 0 Å². The van der Waals surface area contributed by atoms with E-state index < -0.39 is 0 Å². The van der Waals surface area contributed by atoms with E-state index in [-0.39, 0.29) is 11.9 Å². The highest BCUT2D eigenvalue weighted by molar-refractivity contribution is 5.88. The van der Waals surface area contributed by atoms with Gasteiger partial charge in [0.05, 0.1) is 23.1 Å². The fraction of sp³-hybridized carbons (Fsp3) is 0.385. The van der Waals surface area contributed by atoms with Gasteiger partial charge in [0.2, 0.25) is 5.91 Å². The molecule has 0 spiro atoms. The smallest absolute Gasteiger partial charge is 0.221 e. The second-order valence-corrected chi connectivity index (χ2v) is 4.80. The Labute approximate surface area is 111 Å². The van der Waals surface area contributed by atoms with E-state index in [1.54, 1.807) is 6.20 Å². The Kier molecular flexibility index (Phi) is 3.89. The van der Waals surface area contributed by atoms with Crippen LogP contribution in [0.1, 0.15) is 20.3 Å². The molecule has 1 heterocycles. The highest BCUT2D eigenvalue weighted by Gasteiger charge is 2.05. The van der Waals surface area contributed by atoms with Crippen LogP contribution in [0, 0.1) is 0 Å². The molecule has 0 aliphatic heterocycles. The van der Waals surface area contributed by atoms with Crippen LogP contribution in [0.2, 0.25) is 0 Å². The summed E-state index contributed by atoms with van der Waals surface area (Å²) in [7, 11) is 0. The Bertz CT molecular complexity index is 575. The predicted molar refractivity (Wildman–Crippen MR) is 76.9 cm³/mol. The molecule has 5 N–H and O–H groups in total. The number of nitrogens with one attached hydrogen (secondary N) is 3. The van der Waals surface area contributed by atoms with Crippen LogP contribution < -0.4 is 16.4 Å². The maximum atomic E-state index is 11.5. The molecule has 0 aliphatic carbocycles. The van der Waals surface area contributed by atoms with Crippen molar-refractivity contribution in [3.63, 3.8) is 0 Å². The zero-order chi connectivity index (χ0) is 13.8. The van der Waals surface area contributed by atoms with Crippen LogP contribution >= 0.6 is 0 Å². The van der Waals surface area contributed by atoms with Crippen molar-refractivity contribution >= 4 is 28.2 Å². The molecule has 19 heavy (non-hydrogen) atoms. The molecule has 6 heteroatoms. The van der Waals surface area contributed by atoms with Crippen molar-refractivity contribution < 1.29 is 4.79 Å². The number of hydrogen-bond acceptors (Lipinski definition) is 4. The van der Waals surface area contributed by atoms with Gasteiger partial charge >= 0.3 is 0 Å². The highest BCUT2D eigenvalue weighted by atomic mass is 16.1. The minimum Gasteiger partial charge on any atom is -0.397 e. The number of aromatic nitrogens is 2. The van der Waals surface area contributed by atoms with Crippen molar-refractivity contribution in [1.82, 2.24) is 15.5 Å². The van der Waals surface area contributed by atoms with Gasteiger partial charge in [-0.05, 0) is 26.0 Å². The van der Waals surface area contributed by atoms with E-state index in [0.29, 0.717) is 18.7 Å². The molecule has 1 aromatic carbocycles. The van der Waals surface area contributed by atoms with Gasteiger partial charge in [-0.15, -0.1) is 0 Å². The van der Waals surface area contributed by atoms with E-state index in [0.717, 1.165) is 16.6 Å². The number of amides is 1. The monoisotopic (exact) mass is 261 g/mol. The molecule has 102 valence electrons.